The van der Waals surface area contributed by atoms with Crippen LogP contribution in [0, 0.1) is 0 Å². The Morgan fingerprint density at radius 2 is 1.86 bits per heavy atom. The first-order valence-electron chi connectivity index (χ1n) is 7.34. The molecule has 0 saturated heterocycles. The number of halogens is 1. The standard InChI is InChI=1S/C17H22ClN3/c1-4-15-19-14(18)12-16(20-15)21-17(2,3)11-10-13-8-6-5-7-9-13/h5-9,12H,4,10-11H2,1-3H3,(H,19,20,21). The fourth-order valence-corrected chi connectivity index (χ4v) is 2.40. The fraction of sp³-hybridized carbons (Fsp3) is 0.412. The second kappa shape index (κ2) is 6.90. The molecule has 0 spiro atoms. The zero-order valence-corrected chi connectivity index (χ0v) is 13.6. The lowest BCUT2D eigenvalue weighted by Crippen LogP contribution is -2.32. The SMILES string of the molecule is CCc1nc(Cl)cc(NC(C)(C)CCc2ccccc2)n1. The zero-order valence-electron chi connectivity index (χ0n) is 12.9. The van der Waals surface area contributed by atoms with Crippen LogP contribution in [0.15, 0.2) is 36.4 Å². The molecule has 0 radical (unpaired) electrons. The maximum absolute atomic E-state index is 6.04. The minimum atomic E-state index is -0.0570. The van der Waals surface area contributed by atoms with Crippen molar-refractivity contribution in [2.75, 3.05) is 5.32 Å². The van der Waals surface area contributed by atoms with Crippen LogP contribution in [0.2, 0.25) is 5.15 Å². The summed E-state index contributed by atoms with van der Waals surface area (Å²) >= 11 is 6.04. The van der Waals surface area contributed by atoms with Crippen molar-refractivity contribution < 1.29 is 0 Å². The Hall–Kier alpha value is -1.61. The number of anilines is 1. The molecule has 1 aromatic heterocycles. The summed E-state index contributed by atoms with van der Waals surface area (Å²) in [5.41, 5.74) is 1.29. The van der Waals surface area contributed by atoms with Gasteiger partial charge in [-0.05, 0) is 32.3 Å². The van der Waals surface area contributed by atoms with Gasteiger partial charge >= 0.3 is 0 Å². The van der Waals surface area contributed by atoms with Gasteiger partial charge in [0.1, 0.15) is 16.8 Å². The van der Waals surface area contributed by atoms with E-state index in [-0.39, 0.29) is 5.54 Å². The number of hydrogen-bond acceptors (Lipinski definition) is 3. The van der Waals surface area contributed by atoms with E-state index in [9.17, 15) is 0 Å². The molecule has 0 fully saturated rings. The van der Waals surface area contributed by atoms with Crippen molar-refractivity contribution in [2.45, 2.75) is 45.6 Å². The van der Waals surface area contributed by atoms with Crippen LogP contribution in [-0.4, -0.2) is 15.5 Å². The summed E-state index contributed by atoms with van der Waals surface area (Å²) in [6, 6.07) is 12.3. The normalized spacial score (nSPS) is 11.4. The third-order valence-corrected chi connectivity index (χ3v) is 3.60. The third kappa shape index (κ3) is 5.01. The molecule has 1 aromatic carbocycles. The molecule has 2 aromatic rings. The van der Waals surface area contributed by atoms with Crippen molar-refractivity contribution in [1.29, 1.82) is 0 Å². The molecule has 0 atom stereocenters. The number of aromatic nitrogens is 2. The summed E-state index contributed by atoms with van der Waals surface area (Å²) in [6.45, 7) is 6.38. The topological polar surface area (TPSA) is 37.8 Å². The van der Waals surface area contributed by atoms with E-state index < -0.39 is 0 Å². The number of hydrogen-bond donors (Lipinski definition) is 1. The summed E-state index contributed by atoms with van der Waals surface area (Å²) < 4.78 is 0. The molecule has 1 heterocycles. The van der Waals surface area contributed by atoms with Gasteiger partial charge in [-0.25, -0.2) is 9.97 Å². The highest BCUT2D eigenvalue weighted by molar-refractivity contribution is 6.29. The van der Waals surface area contributed by atoms with Gasteiger partial charge in [-0.15, -0.1) is 0 Å². The van der Waals surface area contributed by atoms with Gasteiger partial charge in [0, 0.05) is 18.0 Å². The van der Waals surface area contributed by atoms with Crippen molar-refractivity contribution in [3.63, 3.8) is 0 Å². The molecule has 0 aliphatic carbocycles. The number of nitrogens with zero attached hydrogens (tertiary/aromatic N) is 2. The third-order valence-electron chi connectivity index (χ3n) is 3.41. The Kier molecular flexibility index (Phi) is 5.18. The van der Waals surface area contributed by atoms with E-state index in [0.717, 1.165) is 30.9 Å². The molecule has 3 nitrogen and oxygen atoms in total. The lowest BCUT2D eigenvalue weighted by molar-refractivity contribution is 0.516. The molecule has 112 valence electrons. The molecular weight excluding hydrogens is 282 g/mol. The van der Waals surface area contributed by atoms with Gasteiger partial charge in [-0.2, -0.15) is 0 Å². The fourth-order valence-electron chi connectivity index (χ4n) is 2.20. The van der Waals surface area contributed by atoms with Crippen LogP contribution in [0.25, 0.3) is 0 Å². The van der Waals surface area contributed by atoms with E-state index in [1.807, 2.05) is 13.0 Å². The van der Waals surface area contributed by atoms with Gasteiger partial charge in [0.05, 0.1) is 0 Å². The molecule has 0 aliphatic heterocycles. The monoisotopic (exact) mass is 303 g/mol. The smallest absolute Gasteiger partial charge is 0.134 e. The first kappa shape index (κ1) is 15.8. The van der Waals surface area contributed by atoms with Crippen LogP contribution in [0.4, 0.5) is 5.82 Å². The lowest BCUT2D eigenvalue weighted by atomic mass is 9.95. The van der Waals surface area contributed by atoms with E-state index >= 15 is 0 Å². The average Bonchev–Trinajstić information content (AvgIpc) is 2.45. The molecule has 2 rings (SSSR count). The van der Waals surface area contributed by atoms with Crippen LogP contribution in [0.3, 0.4) is 0 Å². The summed E-state index contributed by atoms with van der Waals surface area (Å²) in [5, 5.41) is 3.96. The average molecular weight is 304 g/mol. The Bertz CT molecular complexity index is 582. The minimum absolute atomic E-state index is 0.0570. The van der Waals surface area contributed by atoms with Gasteiger partial charge in [0.2, 0.25) is 0 Å². The molecule has 1 N–H and O–H groups in total. The summed E-state index contributed by atoms with van der Waals surface area (Å²) in [7, 11) is 0. The van der Waals surface area contributed by atoms with Crippen LogP contribution in [0.1, 0.15) is 38.6 Å². The maximum Gasteiger partial charge on any atom is 0.134 e. The van der Waals surface area contributed by atoms with Gasteiger partial charge in [0.25, 0.3) is 0 Å². The van der Waals surface area contributed by atoms with Crippen molar-refractivity contribution in [3.8, 4) is 0 Å². The van der Waals surface area contributed by atoms with Crippen molar-refractivity contribution in [1.82, 2.24) is 9.97 Å². The number of aryl methyl sites for hydroxylation is 2. The Morgan fingerprint density at radius 1 is 1.14 bits per heavy atom. The molecule has 0 bridgehead atoms. The maximum atomic E-state index is 6.04. The zero-order chi connectivity index (χ0) is 15.3. The van der Waals surface area contributed by atoms with Gasteiger partial charge in [0.15, 0.2) is 0 Å². The minimum Gasteiger partial charge on any atom is -0.365 e. The quantitative estimate of drug-likeness (QED) is 0.798. The molecule has 0 aliphatic rings. The highest BCUT2D eigenvalue weighted by Gasteiger charge is 2.18. The predicted octanol–water partition coefficient (Wildman–Crippen LogP) is 4.52. The second-order valence-electron chi connectivity index (χ2n) is 5.84. The first-order chi connectivity index (χ1) is 9.98. The van der Waals surface area contributed by atoms with Crippen LogP contribution < -0.4 is 5.32 Å². The molecular formula is C17H22ClN3. The lowest BCUT2D eigenvalue weighted by Gasteiger charge is -2.27. The van der Waals surface area contributed by atoms with Crippen molar-refractivity contribution >= 4 is 17.4 Å². The van der Waals surface area contributed by atoms with Crippen molar-refractivity contribution in [3.05, 3.63) is 52.9 Å². The second-order valence-corrected chi connectivity index (χ2v) is 6.23. The molecule has 4 heteroatoms. The summed E-state index contributed by atoms with van der Waals surface area (Å²) in [5.74, 6) is 1.56. The van der Waals surface area contributed by atoms with E-state index in [1.54, 1.807) is 6.07 Å². The highest BCUT2D eigenvalue weighted by atomic mass is 35.5. The van der Waals surface area contributed by atoms with Gasteiger partial charge in [-0.1, -0.05) is 48.9 Å². The van der Waals surface area contributed by atoms with E-state index in [1.165, 1.54) is 5.56 Å². The summed E-state index contributed by atoms with van der Waals surface area (Å²) in [6.07, 6.45) is 2.82. The van der Waals surface area contributed by atoms with Crippen LogP contribution >= 0.6 is 11.6 Å². The Labute approximate surface area is 131 Å². The van der Waals surface area contributed by atoms with Gasteiger partial charge < -0.3 is 5.32 Å². The Balaban J connectivity index is 2.01. The summed E-state index contributed by atoms with van der Waals surface area (Å²) in [4.78, 5) is 8.68. The van der Waals surface area contributed by atoms with E-state index in [2.05, 4.69) is 53.4 Å². The molecule has 21 heavy (non-hydrogen) atoms. The first-order valence-corrected chi connectivity index (χ1v) is 7.72. The van der Waals surface area contributed by atoms with E-state index in [4.69, 9.17) is 11.6 Å². The number of nitrogens with one attached hydrogen (secondary N) is 1. The molecule has 0 unspecified atom stereocenters. The predicted molar refractivity (Wildman–Crippen MR) is 88.9 cm³/mol. The molecule has 0 amide bonds. The number of rotatable bonds is 6. The largest absolute Gasteiger partial charge is 0.365 e. The van der Waals surface area contributed by atoms with Gasteiger partial charge in [-0.3, -0.25) is 0 Å². The van der Waals surface area contributed by atoms with Crippen molar-refractivity contribution in [2.24, 2.45) is 0 Å². The van der Waals surface area contributed by atoms with E-state index in [0.29, 0.717) is 5.15 Å². The molecule has 0 saturated carbocycles. The van der Waals surface area contributed by atoms with Crippen LogP contribution in [0.5, 0.6) is 0 Å². The van der Waals surface area contributed by atoms with Crippen LogP contribution in [-0.2, 0) is 12.8 Å². The number of benzene rings is 1. The Morgan fingerprint density at radius 3 is 2.52 bits per heavy atom. The highest BCUT2D eigenvalue weighted by Crippen LogP contribution is 2.21.